The van der Waals surface area contributed by atoms with Gasteiger partial charge in [-0.15, -0.1) is 0 Å². The first kappa shape index (κ1) is 25.2. The van der Waals surface area contributed by atoms with Crippen molar-refractivity contribution < 1.29 is 14.3 Å². The molecule has 0 aliphatic carbocycles. The molecule has 0 aliphatic heterocycles. The summed E-state index contributed by atoms with van der Waals surface area (Å²) in [5, 5.41) is 7.79. The maximum atomic E-state index is 13.1. The van der Waals surface area contributed by atoms with Gasteiger partial charge >= 0.3 is 0 Å². The van der Waals surface area contributed by atoms with Crippen LogP contribution in [0.1, 0.15) is 48.8 Å². The fourth-order valence-electron chi connectivity index (χ4n) is 3.59. The zero-order valence-electron chi connectivity index (χ0n) is 20.7. The standard InChI is InChI=1S/C27H34N4O3/c1-20-12-9-10-15-22(20)31-24(18-23(29-31)27(2,3)4)28-25(32)19-30(16-11-17-34-5)26(33)21-13-7-6-8-14-21/h6-10,12-15,18H,11,16-17,19H2,1-5H3,(H,28,32). The van der Waals surface area contributed by atoms with Crippen LogP contribution in [-0.4, -0.2) is 53.3 Å². The van der Waals surface area contributed by atoms with E-state index in [0.717, 1.165) is 16.9 Å². The number of methoxy groups -OCH3 is 1. The molecule has 1 aromatic heterocycles. The molecule has 2 amide bonds. The summed E-state index contributed by atoms with van der Waals surface area (Å²) in [6.07, 6.45) is 0.637. The number of carbonyl (C=O) groups is 2. The zero-order chi connectivity index (χ0) is 24.7. The third kappa shape index (κ3) is 6.32. The Morgan fingerprint density at radius 2 is 1.74 bits per heavy atom. The summed E-state index contributed by atoms with van der Waals surface area (Å²) < 4.78 is 6.90. The Morgan fingerprint density at radius 1 is 1.06 bits per heavy atom. The highest BCUT2D eigenvalue weighted by molar-refractivity contribution is 5.99. The first-order valence-corrected chi connectivity index (χ1v) is 11.5. The maximum absolute atomic E-state index is 13.1. The molecule has 3 rings (SSSR count). The average molecular weight is 463 g/mol. The third-order valence-electron chi connectivity index (χ3n) is 5.51. The lowest BCUT2D eigenvalue weighted by Crippen LogP contribution is -2.39. The van der Waals surface area contributed by atoms with Crippen molar-refractivity contribution >= 4 is 17.6 Å². The lowest BCUT2D eigenvalue weighted by Gasteiger charge is -2.22. The lowest BCUT2D eigenvalue weighted by atomic mass is 9.92. The van der Waals surface area contributed by atoms with Gasteiger partial charge in [-0.05, 0) is 37.1 Å². The number of rotatable bonds is 9. The summed E-state index contributed by atoms with van der Waals surface area (Å²) in [6, 6.07) is 18.8. The Balaban J connectivity index is 1.85. The Kier molecular flexibility index (Phi) is 8.23. The number of hydrogen-bond acceptors (Lipinski definition) is 4. The number of aromatic nitrogens is 2. The van der Waals surface area contributed by atoms with E-state index in [4.69, 9.17) is 9.84 Å². The van der Waals surface area contributed by atoms with E-state index in [0.29, 0.717) is 31.0 Å². The third-order valence-corrected chi connectivity index (χ3v) is 5.51. The first-order chi connectivity index (χ1) is 16.2. The summed E-state index contributed by atoms with van der Waals surface area (Å²) >= 11 is 0. The highest BCUT2D eigenvalue weighted by Crippen LogP contribution is 2.27. The van der Waals surface area contributed by atoms with E-state index in [1.165, 1.54) is 0 Å². The summed E-state index contributed by atoms with van der Waals surface area (Å²) in [7, 11) is 1.62. The summed E-state index contributed by atoms with van der Waals surface area (Å²) in [6.45, 7) is 9.11. The number of benzene rings is 2. The predicted molar refractivity (Wildman–Crippen MR) is 134 cm³/mol. The van der Waals surface area contributed by atoms with Gasteiger partial charge in [0.25, 0.3) is 5.91 Å². The van der Waals surface area contributed by atoms with Gasteiger partial charge in [0.15, 0.2) is 0 Å². The van der Waals surface area contributed by atoms with Crippen LogP contribution in [0.25, 0.3) is 5.69 Å². The molecule has 0 saturated heterocycles. The van der Waals surface area contributed by atoms with Gasteiger partial charge in [0, 0.05) is 37.3 Å². The number of nitrogens with one attached hydrogen (secondary N) is 1. The molecule has 1 N–H and O–H groups in total. The molecule has 7 nitrogen and oxygen atoms in total. The normalized spacial score (nSPS) is 11.3. The van der Waals surface area contributed by atoms with Crippen LogP contribution >= 0.6 is 0 Å². The molecule has 0 aliphatic rings. The van der Waals surface area contributed by atoms with Crippen LogP contribution in [0.4, 0.5) is 5.82 Å². The van der Waals surface area contributed by atoms with Crippen LogP contribution in [0.5, 0.6) is 0 Å². The van der Waals surface area contributed by atoms with Crippen LogP contribution < -0.4 is 5.32 Å². The van der Waals surface area contributed by atoms with Gasteiger partial charge < -0.3 is 15.0 Å². The van der Waals surface area contributed by atoms with E-state index >= 15 is 0 Å². The summed E-state index contributed by atoms with van der Waals surface area (Å²) in [5.74, 6) is 0.111. The van der Waals surface area contributed by atoms with Crippen LogP contribution in [0.2, 0.25) is 0 Å². The molecular formula is C27H34N4O3. The van der Waals surface area contributed by atoms with Crippen molar-refractivity contribution in [2.75, 3.05) is 32.1 Å². The van der Waals surface area contributed by atoms with Gasteiger partial charge in [0.1, 0.15) is 12.4 Å². The highest BCUT2D eigenvalue weighted by atomic mass is 16.5. The van der Waals surface area contributed by atoms with Gasteiger partial charge in [0.2, 0.25) is 5.91 Å². The summed E-state index contributed by atoms with van der Waals surface area (Å²) in [4.78, 5) is 27.8. The largest absolute Gasteiger partial charge is 0.385 e. The number of nitrogens with zero attached hydrogens (tertiary/aromatic N) is 3. The molecule has 0 atom stereocenters. The molecule has 0 unspecified atom stereocenters. The van der Waals surface area contributed by atoms with Gasteiger partial charge in [-0.1, -0.05) is 57.2 Å². The molecule has 180 valence electrons. The first-order valence-electron chi connectivity index (χ1n) is 11.5. The van der Waals surface area contributed by atoms with Crippen LogP contribution in [0, 0.1) is 6.92 Å². The maximum Gasteiger partial charge on any atom is 0.254 e. The molecule has 0 saturated carbocycles. The fourth-order valence-corrected chi connectivity index (χ4v) is 3.59. The lowest BCUT2D eigenvalue weighted by molar-refractivity contribution is -0.117. The van der Waals surface area contributed by atoms with E-state index in [9.17, 15) is 9.59 Å². The second-order valence-electron chi connectivity index (χ2n) is 9.35. The van der Waals surface area contributed by atoms with Crippen LogP contribution in [0.3, 0.4) is 0 Å². The Bertz CT molecular complexity index is 1120. The van der Waals surface area contributed by atoms with E-state index in [2.05, 4.69) is 26.1 Å². The van der Waals surface area contributed by atoms with E-state index in [1.54, 1.807) is 28.8 Å². The van der Waals surface area contributed by atoms with E-state index < -0.39 is 0 Å². The molecule has 0 spiro atoms. The fraction of sp³-hybridized carbons (Fsp3) is 0.370. The molecule has 0 fully saturated rings. The second kappa shape index (κ2) is 11.1. The smallest absolute Gasteiger partial charge is 0.254 e. The monoisotopic (exact) mass is 462 g/mol. The molecule has 2 aromatic carbocycles. The molecule has 34 heavy (non-hydrogen) atoms. The molecular weight excluding hydrogens is 428 g/mol. The Labute approximate surface area is 201 Å². The van der Waals surface area contributed by atoms with Gasteiger partial charge in [-0.2, -0.15) is 5.10 Å². The predicted octanol–water partition coefficient (Wildman–Crippen LogP) is 4.60. The van der Waals surface area contributed by atoms with Crippen molar-refractivity contribution in [2.45, 2.75) is 39.5 Å². The topological polar surface area (TPSA) is 76.5 Å². The Hall–Kier alpha value is -3.45. The van der Waals surface area contributed by atoms with Crippen molar-refractivity contribution in [1.29, 1.82) is 0 Å². The van der Waals surface area contributed by atoms with Crippen molar-refractivity contribution in [3.63, 3.8) is 0 Å². The molecule has 1 heterocycles. The molecule has 3 aromatic rings. The van der Waals surface area contributed by atoms with Gasteiger partial charge in [-0.3, -0.25) is 9.59 Å². The number of amides is 2. The molecule has 7 heteroatoms. The number of para-hydroxylation sites is 1. The number of carbonyl (C=O) groups excluding carboxylic acids is 2. The Morgan fingerprint density at radius 3 is 2.38 bits per heavy atom. The highest BCUT2D eigenvalue weighted by Gasteiger charge is 2.24. The SMILES string of the molecule is COCCCN(CC(=O)Nc1cc(C(C)(C)C)nn1-c1ccccc1C)C(=O)c1ccccc1. The average Bonchev–Trinajstić information content (AvgIpc) is 3.23. The second-order valence-corrected chi connectivity index (χ2v) is 9.35. The number of ether oxygens (including phenoxy) is 1. The minimum atomic E-state index is -0.281. The van der Waals surface area contributed by atoms with Gasteiger partial charge in [-0.25, -0.2) is 4.68 Å². The molecule has 0 radical (unpaired) electrons. The minimum Gasteiger partial charge on any atom is -0.385 e. The number of hydrogen-bond donors (Lipinski definition) is 1. The zero-order valence-corrected chi connectivity index (χ0v) is 20.7. The van der Waals surface area contributed by atoms with Gasteiger partial charge in [0.05, 0.1) is 11.4 Å². The van der Waals surface area contributed by atoms with Crippen LogP contribution in [-0.2, 0) is 14.9 Å². The quantitative estimate of drug-likeness (QED) is 0.472. The number of anilines is 1. The minimum absolute atomic E-state index is 0.0682. The molecule has 0 bridgehead atoms. The summed E-state index contributed by atoms with van der Waals surface area (Å²) in [5.41, 5.74) is 3.16. The van der Waals surface area contributed by atoms with E-state index in [-0.39, 0.29) is 23.8 Å². The van der Waals surface area contributed by atoms with Crippen molar-refractivity contribution in [3.8, 4) is 5.69 Å². The van der Waals surface area contributed by atoms with E-state index in [1.807, 2.05) is 55.5 Å². The van der Waals surface area contributed by atoms with Crippen molar-refractivity contribution in [1.82, 2.24) is 14.7 Å². The van der Waals surface area contributed by atoms with Crippen LogP contribution in [0.15, 0.2) is 60.7 Å². The van der Waals surface area contributed by atoms with Crippen molar-refractivity contribution in [2.24, 2.45) is 0 Å². The van der Waals surface area contributed by atoms with Crippen molar-refractivity contribution in [3.05, 3.63) is 77.5 Å². The number of aryl methyl sites for hydroxylation is 1.